The fourth-order valence-electron chi connectivity index (χ4n) is 5.04. The number of carbonyl (C=O) groups excluding carboxylic acids is 1. The average molecular weight is 431 g/mol. The predicted molar refractivity (Wildman–Crippen MR) is 119 cm³/mol. The van der Waals surface area contributed by atoms with E-state index in [9.17, 15) is 14.9 Å². The molecule has 8 nitrogen and oxygen atoms in total. The van der Waals surface area contributed by atoms with Gasteiger partial charge in [-0.1, -0.05) is 25.3 Å². The molecule has 0 spiro atoms. The molecule has 2 heterocycles. The SMILES string of the molecule is O=C(NC1CCN(c2cc(CN3CCOCC3)ccc2[N+](=O)[O-])CC1)C1CCCCC1. The second-order valence-corrected chi connectivity index (χ2v) is 9.07. The van der Waals surface area contributed by atoms with Crippen LogP contribution >= 0.6 is 0 Å². The van der Waals surface area contributed by atoms with Gasteiger partial charge in [-0.2, -0.15) is 0 Å². The normalized spacial score (nSPS) is 21.7. The van der Waals surface area contributed by atoms with Crippen LogP contribution in [-0.2, 0) is 16.1 Å². The lowest BCUT2D eigenvalue weighted by atomic mass is 9.88. The van der Waals surface area contributed by atoms with Crippen molar-refractivity contribution in [3.05, 3.63) is 33.9 Å². The van der Waals surface area contributed by atoms with Gasteiger partial charge in [-0.25, -0.2) is 0 Å². The number of piperidine rings is 1. The van der Waals surface area contributed by atoms with E-state index in [4.69, 9.17) is 4.74 Å². The Morgan fingerprint density at radius 2 is 1.77 bits per heavy atom. The zero-order chi connectivity index (χ0) is 21.6. The summed E-state index contributed by atoms with van der Waals surface area (Å²) in [6.07, 6.45) is 7.21. The van der Waals surface area contributed by atoms with Gasteiger partial charge in [0.1, 0.15) is 5.69 Å². The molecule has 2 saturated heterocycles. The Kier molecular flexibility index (Phi) is 7.40. The molecule has 0 aromatic heterocycles. The highest BCUT2D eigenvalue weighted by atomic mass is 16.6. The molecule has 1 aromatic carbocycles. The molecule has 1 N–H and O–H groups in total. The number of amides is 1. The third kappa shape index (κ3) is 5.74. The average Bonchev–Trinajstić information content (AvgIpc) is 2.80. The molecule has 170 valence electrons. The fraction of sp³-hybridized carbons (Fsp3) is 0.696. The Balaban J connectivity index is 1.37. The third-order valence-electron chi connectivity index (χ3n) is 6.90. The van der Waals surface area contributed by atoms with Gasteiger partial charge in [0.05, 0.1) is 18.1 Å². The van der Waals surface area contributed by atoms with E-state index in [2.05, 4.69) is 15.1 Å². The molecule has 0 bridgehead atoms. The van der Waals surface area contributed by atoms with Crippen LogP contribution in [0.4, 0.5) is 11.4 Å². The number of ether oxygens (including phenoxy) is 1. The van der Waals surface area contributed by atoms with Gasteiger partial charge >= 0.3 is 0 Å². The number of benzene rings is 1. The van der Waals surface area contributed by atoms with Crippen LogP contribution in [0.15, 0.2) is 18.2 Å². The van der Waals surface area contributed by atoms with Crippen molar-refractivity contribution >= 4 is 17.3 Å². The van der Waals surface area contributed by atoms with Crippen LogP contribution in [-0.4, -0.2) is 61.2 Å². The number of rotatable bonds is 6. The first-order valence-corrected chi connectivity index (χ1v) is 11.7. The number of carbonyl (C=O) groups is 1. The Labute approximate surface area is 184 Å². The van der Waals surface area contributed by atoms with Crippen molar-refractivity contribution < 1.29 is 14.5 Å². The first-order chi connectivity index (χ1) is 15.1. The third-order valence-corrected chi connectivity index (χ3v) is 6.90. The number of nitrogens with one attached hydrogen (secondary N) is 1. The Morgan fingerprint density at radius 1 is 1.06 bits per heavy atom. The van der Waals surface area contributed by atoms with Crippen LogP contribution in [0.1, 0.15) is 50.5 Å². The second-order valence-electron chi connectivity index (χ2n) is 9.07. The minimum absolute atomic E-state index is 0.162. The number of hydrogen-bond donors (Lipinski definition) is 1. The predicted octanol–water partition coefficient (Wildman–Crippen LogP) is 3.09. The summed E-state index contributed by atoms with van der Waals surface area (Å²) in [6.45, 7) is 5.47. The molecule has 2 aliphatic heterocycles. The molecular formula is C23H34N4O4. The lowest BCUT2D eigenvalue weighted by molar-refractivity contribution is -0.384. The van der Waals surface area contributed by atoms with Crippen LogP contribution < -0.4 is 10.2 Å². The molecule has 3 aliphatic rings. The van der Waals surface area contributed by atoms with Crippen molar-refractivity contribution in [3.63, 3.8) is 0 Å². The zero-order valence-electron chi connectivity index (χ0n) is 18.3. The van der Waals surface area contributed by atoms with E-state index in [0.717, 1.165) is 90.0 Å². The van der Waals surface area contributed by atoms with E-state index in [0.29, 0.717) is 5.69 Å². The van der Waals surface area contributed by atoms with Gasteiger partial charge in [-0.05, 0) is 37.3 Å². The molecule has 4 rings (SSSR count). The summed E-state index contributed by atoms with van der Waals surface area (Å²) in [5.74, 6) is 0.376. The van der Waals surface area contributed by atoms with E-state index in [-0.39, 0.29) is 28.5 Å². The number of nitro benzene ring substituents is 1. The Bertz CT molecular complexity index is 767. The van der Waals surface area contributed by atoms with Crippen LogP contribution in [0, 0.1) is 16.0 Å². The fourth-order valence-corrected chi connectivity index (χ4v) is 5.04. The quantitative estimate of drug-likeness (QED) is 0.551. The monoisotopic (exact) mass is 430 g/mol. The molecule has 0 unspecified atom stereocenters. The van der Waals surface area contributed by atoms with Gasteiger partial charge in [-0.15, -0.1) is 0 Å². The lowest BCUT2D eigenvalue weighted by Crippen LogP contribution is -2.46. The topological polar surface area (TPSA) is 88.0 Å². The highest BCUT2D eigenvalue weighted by molar-refractivity contribution is 5.79. The van der Waals surface area contributed by atoms with Crippen molar-refractivity contribution in [2.24, 2.45) is 5.92 Å². The van der Waals surface area contributed by atoms with Crippen LogP contribution in [0.5, 0.6) is 0 Å². The summed E-state index contributed by atoms with van der Waals surface area (Å²) in [5.41, 5.74) is 1.96. The highest BCUT2D eigenvalue weighted by Crippen LogP contribution is 2.32. The molecule has 1 aromatic rings. The van der Waals surface area contributed by atoms with Crippen LogP contribution in [0.2, 0.25) is 0 Å². The van der Waals surface area contributed by atoms with E-state index in [1.165, 1.54) is 6.42 Å². The number of nitrogens with zero attached hydrogens (tertiary/aromatic N) is 3. The summed E-state index contributed by atoms with van der Waals surface area (Å²) < 4.78 is 5.41. The second kappa shape index (κ2) is 10.4. The van der Waals surface area contributed by atoms with Gasteiger partial charge in [-0.3, -0.25) is 19.8 Å². The molecule has 1 saturated carbocycles. The van der Waals surface area contributed by atoms with Crippen molar-refractivity contribution in [2.45, 2.75) is 57.5 Å². The standard InChI is InChI=1S/C23H34N4O4/c28-23(19-4-2-1-3-5-19)24-20-8-10-26(11-9-20)22-16-18(6-7-21(22)27(29)30)17-25-12-14-31-15-13-25/h6-7,16,19-20H,1-5,8-15,17H2,(H,24,28). The van der Waals surface area contributed by atoms with E-state index >= 15 is 0 Å². The smallest absolute Gasteiger partial charge is 0.292 e. The highest BCUT2D eigenvalue weighted by Gasteiger charge is 2.28. The largest absolute Gasteiger partial charge is 0.379 e. The lowest BCUT2D eigenvalue weighted by Gasteiger charge is -2.35. The van der Waals surface area contributed by atoms with Crippen molar-refractivity contribution in [3.8, 4) is 0 Å². The zero-order valence-corrected chi connectivity index (χ0v) is 18.3. The molecule has 1 amide bonds. The van der Waals surface area contributed by atoms with Gasteiger partial charge in [0.15, 0.2) is 0 Å². The number of hydrogen-bond acceptors (Lipinski definition) is 6. The van der Waals surface area contributed by atoms with Gasteiger partial charge in [0.2, 0.25) is 5.91 Å². The number of nitro groups is 1. The Hall–Kier alpha value is -2.19. The minimum atomic E-state index is -0.287. The van der Waals surface area contributed by atoms with Crippen molar-refractivity contribution in [1.29, 1.82) is 0 Å². The van der Waals surface area contributed by atoms with Gasteiger partial charge in [0.25, 0.3) is 5.69 Å². The molecule has 0 atom stereocenters. The van der Waals surface area contributed by atoms with Crippen LogP contribution in [0.25, 0.3) is 0 Å². The van der Waals surface area contributed by atoms with E-state index < -0.39 is 0 Å². The molecule has 8 heteroatoms. The minimum Gasteiger partial charge on any atom is -0.379 e. The first-order valence-electron chi connectivity index (χ1n) is 11.7. The molecule has 3 fully saturated rings. The summed E-state index contributed by atoms with van der Waals surface area (Å²) in [5, 5.41) is 14.9. The summed E-state index contributed by atoms with van der Waals surface area (Å²) in [4.78, 5) is 28.4. The first kappa shape index (κ1) is 22.0. The molecule has 0 radical (unpaired) electrons. The maximum absolute atomic E-state index is 12.6. The summed E-state index contributed by atoms with van der Waals surface area (Å²) in [7, 11) is 0. The summed E-state index contributed by atoms with van der Waals surface area (Å²) in [6, 6.07) is 5.66. The molecule has 1 aliphatic carbocycles. The maximum atomic E-state index is 12.6. The Morgan fingerprint density at radius 3 is 2.45 bits per heavy atom. The number of anilines is 1. The maximum Gasteiger partial charge on any atom is 0.292 e. The van der Waals surface area contributed by atoms with Crippen molar-refractivity contribution in [2.75, 3.05) is 44.3 Å². The van der Waals surface area contributed by atoms with E-state index in [1.807, 2.05) is 12.1 Å². The van der Waals surface area contributed by atoms with Crippen LogP contribution in [0.3, 0.4) is 0 Å². The summed E-state index contributed by atoms with van der Waals surface area (Å²) >= 11 is 0. The van der Waals surface area contributed by atoms with E-state index in [1.54, 1.807) is 6.07 Å². The molecular weight excluding hydrogens is 396 g/mol. The number of morpholine rings is 1. The van der Waals surface area contributed by atoms with Gasteiger partial charge < -0.3 is 15.0 Å². The van der Waals surface area contributed by atoms with Crippen molar-refractivity contribution in [1.82, 2.24) is 10.2 Å². The molecule has 31 heavy (non-hydrogen) atoms. The van der Waals surface area contributed by atoms with Gasteiger partial charge in [0, 0.05) is 50.7 Å².